The van der Waals surface area contributed by atoms with Gasteiger partial charge in [0.25, 0.3) is 5.56 Å². The molecular formula is C25H22ClN3O2S. The summed E-state index contributed by atoms with van der Waals surface area (Å²) in [5.74, 6) is -0.0582. The van der Waals surface area contributed by atoms with E-state index in [1.807, 2.05) is 63.2 Å². The molecule has 1 amide bonds. The molecule has 4 rings (SSSR count). The third-order valence-corrected chi connectivity index (χ3v) is 6.50. The van der Waals surface area contributed by atoms with Crippen molar-refractivity contribution in [3.05, 3.63) is 92.7 Å². The highest BCUT2D eigenvalue weighted by atomic mass is 35.5. The van der Waals surface area contributed by atoms with Crippen LogP contribution in [0.25, 0.3) is 16.6 Å². The Morgan fingerprint density at radius 1 is 1.03 bits per heavy atom. The number of nitrogens with zero attached hydrogens (tertiary/aromatic N) is 2. The lowest BCUT2D eigenvalue weighted by Crippen LogP contribution is -2.23. The Morgan fingerprint density at radius 2 is 1.78 bits per heavy atom. The van der Waals surface area contributed by atoms with Crippen LogP contribution in [0.3, 0.4) is 0 Å². The summed E-state index contributed by atoms with van der Waals surface area (Å²) < 4.78 is 1.52. The molecule has 0 fully saturated rings. The number of hydrogen-bond acceptors (Lipinski definition) is 4. The maximum atomic E-state index is 13.3. The summed E-state index contributed by atoms with van der Waals surface area (Å²) in [6, 6.07) is 18.5. The molecule has 0 aliphatic carbocycles. The van der Waals surface area contributed by atoms with Gasteiger partial charge in [0, 0.05) is 10.7 Å². The van der Waals surface area contributed by atoms with Crippen molar-refractivity contribution in [3.8, 4) is 5.69 Å². The Bertz CT molecular complexity index is 1400. The highest BCUT2D eigenvalue weighted by Gasteiger charge is 2.16. The zero-order chi connectivity index (χ0) is 22.8. The van der Waals surface area contributed by atoms with Gasteiger partial charge in [-0.1, -0.05) is 53.7 Å². The molecule has 0 saturated carbocycles. The summed E-state index contributed by atoms with van der Waals surface area (Å²) in [5, 5.41) is 4.46. The minimum absolute atomic E-state index is 0.109. The molecule has 3 aromatic carbocycles. The van der Waals surface area contributed by atoms with E-state index in [0.29, 0.717) is 26.8 Å². The molecule has 0 atom stereocenters. The van der Waals surface area contributed by atoms with Gasteiger partial charge in [-0.25, -0.2) is 4.98 Å². The lowest BCUT2D eigenvalue weighted by Gasteiger charge is -2.14. The normalized spacial score (nSPS) is 11.0. The van der Waals surface area contributed by atoms with Crippen LogP contribution in [-0.4, -0.2) is 21.2 Å². The van der Waals surface area contributed by atoms with Crippen LogP contribution in [0.1, 0.15) is 16.7 Å². The van der Waals surface area contributed by atoms with Crippen molar-refractivity contribution >= 4 is 45.9 Å². The van der Waals surface area contributed by atoms with Crippen molar-refractivity contribution in [2.45, 2.75) is 25.9 Å². The number of para-hydroxylation sites is 1. The van der Waals surface area contributed by atoms with Crippen molar-refractivity contribution in [2.75, 3.05) is 11.1 Å². The van der Waals surface area contributed by atoms with Crippen LogP contribution in [0, 0.1) is 20.8 Å². The number of rotatable bonds is 5. The number of aryl methyl sites for hydroxylation is 3. The van der Waals surface area contributed by atoms with Gasteiger partial charge >= 0.3 is 0 Å². The Kier molecular flexibility index (Phi) is 6.35. The Hall–Kier alpha value is -3.09. The molecule has 1 heterocycles. The maximum absolute atomic E-state index is 13.3. The van der Waals surface area contributed by atoms with E-state index in [1.54, 1.807) is 18.2 Å². The Balaban J connectivity index is 1.69. The molecule has 1 aromatic heterocycles. The van der Waals surface area contributed by atoms with E-state index >= 15 is 0 Å². The van der Waals surface area contributed by atoms with Crippen LogP contribution < -0.4 is 10.9 Å². The molecule has 5 nitrogen and oxygen atoms in total. The van der Waals surface area contributed by atoms with Crippen molar-refractivity contribution in [3.63, 3.8) is 0 Å². The van der Waals surface area contributed by atoms with E-state index in [9.17, 15) is 9.59 Å². The van der Waals surface area contributed by atoms with Crippen LogP contribution in [0.5, 0.6) is 0 Å². The molecule has 0 bridgehead atoms. The monoisotopic (exact) mass is 463 g/mol. The molecule has 0 spiro atoms. The van der Waals surface area contributed by atoms with Gasteiger partial charge in [0.2, 0.25) is 5.91 Å². The second-order valence-electron chi connectivity index (χ2n) is 7.64. The number of hydrogen-bond donors (Lipinski definition) is 1. The molecule has 0 aliphatic rings. The van der Waals surface area contributed by atoms with Crippen LogP contribution in [0.2, 0.25) is 5.02 Å². The van der Waals surface area contributed by atoms with E-state index in [-0.39, 0.29) is 17.2 Å². The Labute approximate surface area is 195 Å². The quantitative estimate of drug-likeness (QED) is 0.305. The fraction of sp³-hybridized carbons (Fsp3) is 0.160. The lowest BCUT2D eigenvalue weighted by atomic mass is 10.1. The molecule has 7 heteroatoms. The number of carbonyl (C=O) groups is 1. The maximum Gasteiger partial charge on any atom is 0.266 e. The molecule has 1 N–H and O–H groups in total. The average molecular weight is 464 g/mol. The average Bonchev–Trinajstić information content (AvgIpc) is 2.77. The number of amides is 1. The van der Waals surface area contributed by atoms with Crippen LogP contribution in [0.4, 0.5) is 5.69 Å². The number of benzene rings is 3. The van der Waals surface area contributed by atoms with Crippen LogP contribution in [-0.2, 0) is 4.79 Å². The van der Waals surface area contributed by atoms with Crippen molar-refractivity contribution in [2.24, 2.45) is 0 Å². The first kappa shape index (κ1) is 22.1. The summed E-state index contributed by atoms with van der Waals surface area (Å²) in [6.45, 7) is 5.83. The molecular weight excluding hydrogens is 442 g/mol. The van der Waals surface area contributed by atoms with Gasteiger partial charge in [-0.05, 0) is 67.8 Å². The second kappa shape index (κ2) is 9.18. The number of halogens is 1. The van der Waals surface area contributed by atoms with Crippen LogP contribution in [0.15, 0.2) is 70.6 Å². The predicted octanol–water partition coefficient (Wildman–Crippen LogP) is 5.70. The number of carbonyl (C=O) groups excluding carboxylic acids is 1. The van der Waals surface area contributed by atoms with Crippen molar-refractivity contribution in [1.82, 2.24) is 9.55 Å². The topological polar surface area (TPSA) is 64.0 Å². The predicted molar refractivity (Wildman–Crippen MR) is 132 cm³/mol. The van der Waals surface area contributed by atoms with Crippen molar-refractivity contribution in [1.29, 1.82) is 0 Å². The second-order valence-corrected chi connectivity index (χ2v) is 8.99. The third-order valence-electron chi connectivity index (χ3n) is 5.16. The first-order valence-electron chi connectivity index (χ1n) is 10.1. The third kappa shape index (κ3) is 4.56. The highest BCUT2D eigenvalue weighted by Crippen LogP contribution is 2.25. The number of thioether (sulfide) groups is 1. The minimum atomic E-state index is -0.201. The van der Waals surface area contributed by atoms with E-state index in [4.69, 9.17) is 11.6 Å². The van der Waals surface area contributed by atoms with E-state index < -0.39 is 0 Å². The molecule has 32 heavy (non-hydrogen) atoms. The number of nitrogens with one attached hydrogen (secondary N) is 1. The smallest absolute Gasteiger partial charge is 0.266 e. The van der Waals surface area contributed by atoms with Gasteiger partial charge in [-0.2, -0.15) is 0 Å². The molecule has 0 aliphatic heterocycles. The van der Waals surface area contributed by atoms with Gasteiger partial charge in [-0.3, -0.25) is 14.2 Å². The molecule has 0 unspecified atom stereocenters. The van der Waals surface area contributed by atoms with Crippen molar-refractivity contribution < 1.29 is 4.79 Å². The highest BCUT2D eigenvalue weighted by molar-refractivity contribution is 7.99. The summed E-state index contributed by atoms with van der Waals surface area (Å²) in [7, 11) is 0. The standard InChI is InChI=1S/C25H22ClN3O2S/c1-15-8-9-17(3)22(12-15)27-23(30)14-32-25-28-21-7-5-4-6-19(21)24(31)29(25)18-11-10-16(2)20(26)13-18/h4-13H,14H2,1-3H3,(H,27,30). The molecule has 162 valence electrons. The Morgan fingerprint density at radius 3 is 2.56 bits per heavy atom. The largest absolute Gasteiger partial charge is 0.325 e. The summed E-state index contributed by atoms with van der Waals surface area (Å²) in [6.07, 6.45) is 0. The number of anilines is 1. The summed E-state index contributed by atoms with van der Waals surface area (Å²) in [4.78, 5) is 30.7. The minimum Gasteiger partial charge on any atom is -0.325 e. The molecule has 4 aromatic rings. The number of aromatic nitrogens is 2. The SMILES string of the molecule is Cc1ccc(C)c(NC(=O)CSc2nc3ccccc3c(=O)n2-c2ccc(C)c(Cl)c2)c1. The van der Waals surface area contributed by atoms with Gasteiger partial charge in [0.15, 0.2) is 5.16 Å². The molecule has 0 radical (unpaired) electrons. The van der Waals surface area contributed by atoms with Gasteiger partial charge in [0.1, 0.15) is 0 Å². The van der Waals surface area contributed by atoms with E-state index in [0.717, 1.165) is 22.4 Å². The zero-order valence-corrected chi connectivity index (χ0v) is 19.6. The van der Waals surface area contributed by atoms with Gasteiger partial charge < -0.3 is 5.32 Å². The zero-order valence-electron chi connectivity index (χ0n) is 18.0. The van der Waals surface area contributed by atoms with E-state index in [1.165, 1.54) is 16.3 Å². The van der Waals surface area contributed by atoms with Gasteiger partial charge in [-0.15, -0.1) is 0 Å². The lowest BCUT2D eigenvalue weighted by molar-refractivity contribution is -0.113. The summed E-state index contributed by atoms with van der Waals surface area (Å²) in [5.41, 5.74) is 4.76. The molecule has 0 saturated heterocycles. The number of fused-ring (bicyclic) bond motifs is 1. The van der Waals surface area contributed by atoms with E-state index in [2.05, 4.69) is 10.3 Å². The fourth-order valence-corrected chi connectivity index (χ4v) is 4.33. The first-order chi connectivity index (χ1) is 15.3. The van der Waals surface area contributed by atoms with Crippen LogP contribution >= 0.6 is 23.4 Å². The summed E-state index contributed by atoms with van der Waals surface area (Å²) >= 11 is 7.54. The van der Waals surface area contributed by atoms with Gasteiger partial charge in [0.05, 0.1) is 22.3 Å². The first-order valence-corrected chi connectivity index (χ1v) is 11.5. The fourth-order valence-electron chi connectivity index (χ4n) is 3.34.